The van der Waals surface area contributed by atoms with Crippen LogP contribution in [0.25, 0.3) is 0 Å². The van der Waals surface area contributed by atoms with E-state index in [1.54, 1.807) is 7.11 Å². The molecule has 1 aliphatic rings. The van der Waals surface area contributed by atoms with Crippen molar-refractivity contribution < 1.29 is 9.53 Å². The molecule has 2 rings (SSSR count). The molecule has 4 heteroatoms. The number of hydrogen-bond acceptors (Lipinski definition) is 3. The quantitative estimate of drug-likeness (QED) is 0.761. The molecule has 0 radical (unpaired) electrons. The number of hydrogen-bond donors (Lipinski definition) is 2. The number of benzene rings is 1. The number of rotatable bonds is 7. The predicted octanol–water partition coefficient (Wildman–Crippen LogP) is 2.54. The van der Waals surface area contributed by atoms with Crippen molar-refractivity contribution in [2.75, 3.05) is 26.8 Å². The maximum Gasteiger partial charge on any atom is 0.234 e. The van der Waals surface area contributed by atoms with Crippen LogP contribution < -0.4 is 10.6 Å². The van der Waals surface area contributed by atoms with Gasteiger partial charge in [-0.15, -0.1) is 0 Å². The highest BCUT2D eigenvalue weighted by molar-refractivity contribution is 5.78. The van der Waals surface area contributed by atoms with E-state index >= 15 is 0 Å². The molecular weight excluding hydrogens is 276 g/mol. The molecule has 1 amide bonds. The van der Waals surface area contributed by atoms with Gasteiger partial charge >= 0.3 is 0 Å². The summed E-state index contributed by atoms with van der Waals surface area (Å²) < 4.78 is 4.93. The summed E-state index contributed by atoms with van der Waals surface area (Å²) in [4.78, 5) is 11.8. The van der Waals surface area contributed by atoms with Crippen LogP contribution in [-0.4, -0.2) is 32.7 Å². The first kappa shape index (κ1) is 17.0. The fraction of sp³-hybridized carbons (Fsp3) is 0.611. The number of nitrogens with one attached hydrogen (secondary N) is 2. The Morgan fingerprint density at radius 1 is 1.41 bits per heavy atom. The SMILES string of the molecule is COCCNC(=O)CN[C@H]1CCCc2ccc(C(C)C)cc21. The second-order valence-electron chi connectivity index (χ2n) is 6.28. The zero-order valence-corrected chi connectivity index (χ0v) is 13.9. The number of methoxy groups -OCH3 is 1. The monoisotopic (exact) mass is 304 g/mol. The molecule has 0 unspecified atom stereocenters. The highest BCUT2D eigenvalue weighted by Gasteiger charge is 2.21. The molecule has 0 bridgehead atoms. The van der Waals surface area contributed by atoms with Gasteiger partial charge in [0.05, 0.1) is 13.2 Å². The minimum absolute atomic E-state index is 0.0317. The van der Waals surface area contributed by atoms with Gasteiger partial charge in [0.15, 0.2) is 0 Å². The second-order valence-corrected chi connectivity index (χ2v) is 6.28. The van der Waals surface area contributed by atoms with Gasteiger partial charge in [-0.1, -0.05) is 32.0 Å². The molecule has 1 aromatic carbocycles. The van der Waals surface area contributed by atoms with Crippen LogP contribution in [0.15, 0.2) is 18.2 Å². The Kier molecular flexibility index (Phi) is 6.40. The Balaban J connectivity index is 1.96. The van der Waals surface area contributed by atoms with Gasteiger partial charge in [0, 0.05) is 19.7 Å². The van der Waals surface area contributed by atoms with Crippen molar-refractivity contribution in [3.63, 3.8) is 0 Å². The van der Waals surface area contributed by atoms with E-state index in [1.807, 2.05) is 0 Å². The van der Waals surface area contributed by atoms with Gasteiger partial charge in [0.2, 0.25) is 5.91 Å². The lowest BCUT2D eigenvalue weighted by Crippen LogP contribution is -2.38. The third kappa shape index (κ3) is 4.55. The van der Waals surface area contributed by atoms with E-state index < -0.39 is 0 Å². The van der Waals surface area contributed by atoms with Crippen LogP contribution in [-0.2, 0) is 16.0 Å². The van der Waals surface area contributed by atoms with E-state index in [1.165, 1.54) is 23.1 Å². The summed E-state index contributed by atoms with van der Waals surface area (Å²) in [5.74, 6) is 0.564. The average molecular weight is 304 g/mol. The first-order chi connectivity index (χ1) is 10.6. The van der Waals surface area contributed by atoms with Gasteiger partial charge in [-0.05, 0) is 41.9 Å². The lowest BCUT2D eigenvalue weighted by Gasteiger charge is -2.27. The Labute approximate surface area is 133 Å². The standard InChI is InChI=1S/C18H28N2O2/c1-13(2)15-8-7-14-5-4-6-17(16(14)11-15)20-12-18(21)19-9-10-22-3/h7-8,11,13,17,20H,4-6,9-10,12H2,1-3H3,(H,19,21)/t17-/m0/s1. The van der Waals surface area contributed by atoms with Crippen LogP contribution in [0.2, 0.25) is 0 Å². The van der Waals surface area contributed by atoms with Crippen molar-refractivity contribution >= 4 is 5.91 Å². The molecule has 2 N–H and O–H groups in total. The summed E-state index contributed by atoms with van der Waals surface area (Å²) in [6.07, 6.45) is 3.42. The zero-order valence-electron chi connectivity index (χ0n) is 13.9. The summed E-state index contributed by atoms with van der Waals surface area (Å²) in [6, 6.07) is 7.11. The first-order valence-electron chi connectivity index (χ1n) is 8.23. The molecule has 0 saturated heterocycles. The molecule has 1 atom stereocenters. The molecule has 0 aromatic heterocycles. The number of ether oxygens (including phenoxy) is 1. The summed E-state index contributed by atoms with van der Waals surface area (Å²) in [7, 11) is 1.63. The molecule has 22 heavy (non-hydrogen) atoms. The highest BCUT2D eigenvalue weighted by Crippen LogP contribution is 2.31. The first-order valence-corrected chi connectivity index (χ1v) is 8.23. The summed E-state index contributed by atoms with van der Waals surface area (Å²) in [5, 5.41) is 6.27. The molecule has 0 fully saturated rings. The topological polar surface area (TPSA) is 50.4 Å². The number of aryl methyl sites for hydroxylation is 1. The second kappa shape index (κ2) is 8.30. The Morgan fingerprint density at radius 2 is 2.23 bits per heavy atom. The normalized spacial score (nSPS) is 17.4. The molecule has 1 aliphatic carbocycles. The molecule has 0 aliphatic heterocycles. The predicted molar refractivity (Wildman–Crippen MR) is 89.1 cm³/mol. The third-order valence-corrected chi connectivity index (χ3v) is 4.29. The third-order valence-electron chi connectivity index (χ3n) is 4.29. The highest BCUT2D eigenvalue weighted by atomic mass is 16.5. The Morgan fingerprint density at radius 3 is 2.95 bits per heavy atom. The summed E-state index contributed by atoms with van der Waals surface area (Å²) in [6.45, 7) is 5.91. The van der Waals surface area contributed by atoms with E-state index in [2.05, 4.69) is 42.7 Å². The van der Waals surface area contributed by atoms with E-state index in [-0.39, 0.29) is 11.9 Å². The Bertz CT molecular complexity index is 500. The van der Waals surface area contributed by atoms with Gasteiger partial charge in [-0.25, -0.2) is 0 Å². The molecular formula is C18H28N2O2. The number of amides is 1. The van der Waals surface area contributed by atoms with Crippen molar-refractivity contribution in [2.45, 2.75) is 45.1 Å². The maximum absolute atomic E-state index is 11.8. The minimum Gasteiger partial charge on any atom is -0.383 e. The van der Waals surface area contributed by atoms with E-state index in [0.717, 1.165) is 12.8 Å². The fourth-order valence-corrected chi connectivity index (χ4v) is 2.96. The lowest BCUT2D eigenvalue weighted by atomic mass is 9.85. The van der Waals surface area contributed by atoms with Gasteiger partial charge in [-0.2, -0.15) is 0 Å². The van der Waals surface area contributed by atoms with Crippen LogP contribution in [0, 0.1) is 0 Å². The minimum atomic E-state index is 0.0317. The van der Waals surface area contributed by atoms with E-state index in [0.29, 0.717) is 25.6 Å². The molecule has 0 heterocycles. The zero-order chi connectivity index (χ0) is 15.9. The fourth-order valence-electron chi connectivity index (χ4n) is 2.96. The van der Waals surface area contributed by atoms with Crippen molar-refractivity contribution in [1.82, 2.24) is 10.6 Å². The molecule has 0 saturated carbocycles. The lowest BCUT2D eigenvalue weighted by molar-refractivity contribution is -0.120. The van der Waals surface area contributed by atoms with Crippen LogP contribution >= 0.6 is 0 Å². The van der Waals surface area contributed by atoms with E-state index in [9.17, 15) is 4.79 Å². The van der Waals surface area contributed by atoms with E-state index in [4.69, 9.17) is 4.74 Å². The van der Waals surface area contributed by atoms with Gasteiger partial charge in [0.1, 0.15) is 0 Å². The van der Waals surface area contributed by atoms with Crippen LogP contribution in [0.1, 0.15) is 55.3 Å². The van der Waals surface area contributed by atoms with Crippen molar-refractivity contribution in [1.29, 1.82) is 0 Å². The molecule has 1 aromatic rings. The molecule has 4 nitrogen and oxygen atoms in total. The number of carbonyl (C=O) groups excluding carboxylic acids is 1. The van der Waals surface area contributed by atoms with Gasteiger partial charge < -0.3 is 15.4 Å². The maximum atomic E-state index is 11.8. The average Bonchev–Trinajstić information content (AvgIpc) is 2.52. The van der Waals surface area contributed by atoms with Crippen molar-refractivity contribution in [3.05, 3.63) is 34.9 Å². The van der Waals surface area contributed by atoms with Crippen molar-refractivity contribution in [3.8, 4) is 0 Å². The van der Waals surface area contributed by atoms with Gasteiger partial charge in [0.25, 0.3) is 0 Å². The molecule has 0 spiro atoms. The Hall–Kier alpha value is -1.39. The molecule has 122 valence electrons. The van der Waals surface area contributed by atoms with Crippen LogP contribution in [0.5, 0.6) is 0 Å². The van der Waals surface area contributed by atoms with Gasteiger partial charge in [-0.3, -0.25) is 4.79 Å². The number of fused-ring (bicyclic) bond motifs is 1. The summed E-state index contributed by atoms with van der Waals surface area (Å²) in [5.41, 5.74) is 4.17. The number of carbonyl (C=O) groups is 1. The van der Waals surface area contributed by atoms with Crippen molar-refractivity contribution in [2.24, 2.45) is 0 Å². The summed E-state index contributed by atoms with van der Waals surface area (Å²) >= 11 is 0. The largest absolute Gasteiger partial charge is 0.383 e. The smallest absolute Gasteiger partial charge is 0.234 e. The van der Waals surface area contributed by atoms with Crippen LogP contribution in [0.3, 0.4) is 0 Å². The van der Waals surface area contributed by atoms with Crippen LogP contribution in [0.4, 0.5) is 0 Å².